The molecule has 0 fully saturated rings. The van der Waals surface area contributed by atoms with Gasteiger partial charge in [0.05, 0.1) is 6.61 Å². The van der Waals surface area contributed by atoms with E-state index < -0.39 is 0 Å². The lowest BCUT2D eigenvalue weighted by Gasteiger charge is -2.22. The largest absolute Gasteiger partial charge is 0.381 e. The first-order valence-electron chi connectivity index (χ1n) is 6.05. The highest BCUT2D eigenvalue weighted by atomic mass is 16.5. The Morgan fingerprint density at radius 3 is 2.29 bits per heavy atom. The zero-order valence-electron chi connectivity index (χ0n) is 10.7. The Labute approximate surface area is 90.2 Å². The van der Waals surface area contributed by atoms with Crippen molar-refractivity contribution in [1.29, 1.82) is 0 Å². The Bertz CT molecular complexity index is 127. The van der Waals surface area contributed by atoms with E-state index in [0.717, 1.165) is 19.1 Å². The number of hydrogen-bond acceptors (Lipinski definition) is 1. The van der Waals surface area contributed by atoms with Crippen molar-refractivity contribution in [3.05, 3.63) is 0 Å². The minimum atomic E-state index is 0.359. The van der Waals surface area contributed by atoms with Crippen LogP contribution in [0.5, 0.6) is 0 Å². The van der Waals surface area contributed by atoms with E-state index in [4.69, 9.17) is 4.74 Å². The molecule has 0 heterocycles. The van der Waals surface area contributed by atoms with Gasteiger partial charge in [-0.3, -0.25) is 0 Å². The zero-order valence-corrected chi connectivity index (χ0v) is 10.7. The molecular weight excluding hydrogens is 172 g/mol. The maximum atomic E-state index is 5.67. The van der Waals surface area contributed by atoms with Crippen molar-refractivity contribution in [2.24, 2.45) is 11.3 Å². The fraction of sp³-hybridized carbons (Fsp3) is 1.00. The van der Waals surface area contributed by atoms with Crippen LogP contribution in [0.2, 0.25) is 0 Å². The molecule has 1 nitrogen and oxygen atoms in total. The van der Waals surface area contributed by atoms with Gasteiger partial charge in [0, 0.05) is 6.61 Å². The summed E-state index contributed by atoms with van der Waals surface area (Å²) in [4.78, 5) is 0. The molecule has 0 rings (SSSR count). The highest BCUT2D eigenvalue weighted by Crippen LogP contribution is 2.19. The normalized spacial score (nSPS) is 12.4. The standard InChI is InChI=1S/C13H28O/c1-6-13(4,5)11-14-10-8-7-9-12(2)3/h12H,6-11H2,1-5H3. The second-order valence-corrected chi connectivity index (χ2v) is 5.46. The summed E-state index contributed by atoms with van der Waals surface area (Å²) >= 11 is 0. The van der Waals surface area contributed by atoms with E-state index in [1.807, 2.05) is 0 Å². The van der Waals surface area contributed by atoms with Crippen molar-refractivity contribution >= 4 is 0 Å². The maximum absolute atomic E-state index is 5.67. The predicted octanol–water partition coefficient (Wildman–Crippen LogP) is 4.27. The Kier molecular flexibility index (Phi) is 7.26. The average Bonchev–Trinajstić information content (AvgIpc) is 2.10. The summed E-state index contributed by atoms with van der Waals surface area (Å²) in [6.07, 6.45) is 5.06. The van der Waals surface area contributed by atoms with Crippen LogP contribution in [-0.4, -0.2) is 13.2 Å². The van der Waals surface area contributed by atoms with Crippen LogP contribution in [0.4, 0.5) is 0 Å². The number of unbranched alkanes of at least 4 members (excludes halogenated alkanes) is 1. The van der Waals surface area contributed by atoms with Crippen molar-refractivity contribution in [2.45, 2.75) is 60.3 Å². The average molecular weight is 200 g/mol. The van der Waals surface area contributed by atoms with Gasteiger partial charge in [-0.2, -0.15) is 0 Å². The molecule has 0 aromatic rings. The van der Waals surface area contributed by atoms with Crippen LogP contribution in [0, 0.1) is 11.3 Å². The fourth-order valence-corrected chi connectivity index (χ4v) is 1.21. The molecule has 0 aliphatic heterocycles. The van der Waals surface area contributed by atoms with E-state index in [0.29, 0.717) is 5.41 Å². The quantitative estimate of drug-likeness (QED) is 0.532. The Balaban J connectivity index is 3.21. The van der Waals surface area contributed by atoms with Crippen molar-refractivity contribution in [3.8, 4) is 0 Å². The van der Waals surface area contributed by atoms with Crippen molar-refractivity contribution < 1.29 is 4.74 Å². The molecule has 1 heteroatoms. The summed E-state index contributed by atoms with van der Waals surface area (Å²) in [6.45, 7) is 13.2. The molecule has 0 saturated carbocycles. The highest BCUT2D eigenvalue weighted by molar-refractivity contribution is 4.64. The first-order chi connectivity index (χ1) is 6.48. The van der Waals surface area contributed by atoms with E-state index in [2.05, 4.69) is 34.6 Å². The Morgan fingerprint density at radius 2 is 1.79 bits per heavy atom. The molecule has 0 radical (unpaired) electrons. The highest BCUT2D eigenvalue weighted by Gasteiger charge is 2.14. The molecule has 14 heavy (non-hydrogen) atoms. The third kappa shape index (κ3) is 8.55. The van der Waals surface area contributed by atoms with Crippen LogP contribution in [0.15, 0.2) is 0 Å². The summed E-state index contributed by atoms with van der Waals surface area (Å²) in [5.74, 6) is 0.835. The van der Waals surface area contributed by atoms with Gasteiger partial charge < -0.3 is 4.74 Å². The molecule has 0 saturated heterocycles. The predicted molar refractivity (Wildman–Crippen MR) is 63.6 cm³/mol. The molecule has 0 unspecified atom stereocenters. The molecule has 0 spiro atoms. The number of hydrogen-bond donors (Lipinski definition) is 0. The number of rotatable bonds is 8. The second-order valence-electron chi connectivity index (χ2n) is 5.46. The van der Waals surface area contributed by atoms with E-state index in [9.17, 15) is 0 Å². The van der Waals surface area contributed by atoms with Crippen LogP contribution in [0.25, 0.3) is 0 Å². The molecule has 0 bridgehead atoms. The van der Waals surface area contributed by atoms with Crippen molar-refractivity contribution in [1.82, 2.24) is 0 Å². The smallest absolute Gasteiger partial charge is 0.0517 e. The molecule has 0 aliphatic rings. The van der Waals surface area contributed by atoms with Gasteiger partial charge in [-0.05, 0) is 24.2 Å². The van der Waals surface area contributed by atoms with E-state index in [1.165, 1.54) is 25.7 Å². The van der Waals surface area contributed by atoms with Crippen LogP contribution in [-0.2, 0) is 4.74 Å². The van der Waals surface area contributed by atoms with E-state index in [1.54, 1.807) is 0 Å². The van der Waals surface area contributed by atoms with Crippen LogP contribution < -0.4 is 0 Å². The molecular formula is C13H28O. The summed E-state index contributed by atoms with van der Waals surface area (Å²) in [6, 6.07) is 0. The van der Waals surface area contributed by atoms with Crippen molar-refractivity contribution in [2.75, 3.05) is 13.2 Å². The Morgan fingerprint density at radius 1 is 1.14 bits per heavy atom. The van der Waals surface area contributed by atoms with Crippen LogP contribution >= 0.6 is 0 Å². The van der Waals surface area contributed by atoms with Gasteiger partial charge in [0.25, 0.3) is 0 Å². The monoisotopic (exact) mass is 200 g/mol. The molecule has 0 aromatic heterocycles. The first-order valence-corrected chi connectivity index (χ1v) is 6.05. The van der Waals surface area contributed by atoms with E-state index in [-0.39, 0.29) is 0 Å². The van der Waals surface area contributed by atoms with E-state index >= 15 is 0 Å². The summed E-state index contributed by atoms with van der Waals surface area (Å²) in [5, 5.41) is 0. The lowest BCUT2D eigenvalue weighted by atomic mass is 9.92. The topological polar surface area (TPSA) is 9.23 Å². The fourth-order valence-electron chi connectivity index (χ4n) is 1.21. The summed E-state index contributed by atoms with van der Waals surface area (Å²) in [7, 11) is 0. The molecule has 86 valence electrons. The molecule has 0 aliphatic carbocycles. The molecule has 0 aromatic carbocycles. The van der Waals surface area contributed by atoms with Gasteiger partial charge in [-0.1, -0.05) is 47.5 Å². The lowest BCUT2D eigenvalue weighted by molar-refractivity contribution is 0.0577. The van der Waals surface area contributed by atoms with Gasteiger partial charge in [0.15, 0.2) is 0 Å². The summed E-state index contributed by atoms with van der Waals surface area (Å²) in [5.41, 5.74) is 0.359. The maximum Gasteiger partial charge on any atom is 0.0517 e. The Hall–Kier alpha value is -0.0400. The molecule has 0 amide bonds. The minimum absolute atomic E-state index is 0.359. The lowest BCUT2D eigenvalue weighted by Crippen LogP contribution is -2.18. The third-order valence-corrected chi connectivity index (χ3v) is 2.77. The van der Waals surface area contributed by atoms with Gasteiger partial charge >= 0.3 is 0 Å². The second kappa shape index (κ2) is 7.28. The molecule has 0 N–H and O–H groups in total. The van der Waals surface area contributed by atoms with Gasteiger partial charge in [-0.25, -0.2) is 0 Å². The van der Waals surface area contributed by atoms with Crippen LogP contribution in [0.3, 0.4) is 0 Å². The van der Waals surface area contributed by atoms with Gasteiger partial charge in [0.1, 0.15) is 0 Å². The third-order valence-electron chi connectivity index (χ3n) is 2.77. The van der Waals surface area contributed by atoms with Crippen molar-refractivity contribution in [3.63, 3.8) is 0 Å². The van der Waals surface area contributed by atoms with Gasteiger partial charge in [-0.15, -0.1) is 0 Å². The SMILES string of the molecule is CCC(C)(C)COCCCCC(C)C. The van der Waals surface area contributed by atoms with Gasteiger partial charge in [0.2, 0.25) is 0 Å². The zero-order chi connectivity index (χ0) is 11.0. The minimum Gasteiger partial charge on any atom is -0.381 e. The molecule has 0 atom stereocenters. The van der Waals surface area contributed by atoms with Crippen LogP contribution in [0.1, 0.15) is 60.3 Å². The summed E-state index contributed by atoms with van der Waals surface area (Å²) < 4.78 is 5.67. The number of ether oxygens (including phenoxy) is 1. The first kappa shape index (κ1) is 14.0.